The van der Waals surface area contributed by atoms with Crippen molar-refractivity contribution in [2.75, 3.05) is 5.73 Å². The number of H-pyrrole nitrogens is 1. The number of hydrogen-bond acceptors (Lipinski definition) is 4. The minimum atomic E-state index is -0.0951. The fourth-order valence-electron chi connectivity index (χ4n) is 2.55. The lowest BCUT2D eigenvalue weighted by atomic mass is 9.89. The van der Waals surface area contributed by atoms with E-state index in [0.717, 1.165) is 22.2 Å². The molecule has 1 aromatic carbocycles. The number of carbonyl (C=O) groups is 1. The SMILES string of the molecule is CC(=O)c1ccc(-c2cc(C(C)(C)C)nc3[nH]nc(N)c23)cc1. The molecule has 0 aliphatic carbocycles. The minimum absolute atomic E-state index is 0.0506. The molecule has 0 bridgehead atoms. The molecule has 2 aromatic heterocycles. The van der Waals surface area contributed by atoms with Crippen molar-refractivity contribution in [3.05, 3.63) is 41.6 Å². The van der Waals surface area contributed by atoms with Crippen LogP contribution in [0, 0.1) is 0 Å². The minimum Gasteiger partial charge on any atom is -0.382 e. The summed E-state index contributed by atoms with van der Waals surface area (Å²) in [5.41, 5.74) is 10.2. The number of nitrogens with two attached hydrogens (primary N) is 1. The van der Waals surface area contributed by atoms with Gasteiger partial charge in [0.05, 0.1) is 5.39 Å². The smallest absolute Gasteiger partial charge is 0.159 e. The number of Topliss-reactive ketones (excluding diaryl/α,β-unsaturated/α-hetero) is 1. The highest BCUT2D eigenvalue weighted by Crippen LogP contribution is 2.34. The lowest BCUT2D eigenvalue weighted by Crippen LogP contribution is -2.13. The molecule has 23 heavy (non-hydrogen) atoms. The van der Waals surface area contributed by atoms with E-state index < -0.39 is 0 Å². The average molecular weight is 308 g/mol. The van der Waals surface area contributed by atoms with Crippen molar-refractivity contribution in [1.82, 2.24) is 15.2 Å². The van der Waals surface area contributed by atoms with Gasteiger partial charge in [-0.25, -0.2) is 4.98 Å². The molecule has 0 saturated heterocycles. The highest BCUT2D eigenvalue weighted by Gasteiger charge is 2.20. The summed E-state index contributed by atoms with van der Waals surface area (Å²) in [6.45, 7) is 7.90. The van der Waals surface area contributed by atoms with Crippen molar-refractivity contribution in [3.63, 3.8) is 0 Å². The Hall–Kier alpha value is -2.69. The number of nitrogen functional groups attached to an aromatic ring is 1. The maximum absolute atomic E-state index is 11.5. The number of ketones is 1. The molecule has 0 saturated carbocycles. The summed E-state index contributed by atoms with van der Waals surface area (Å²) in [6, 6.07) is 9.58. The van der Waals surface area contributed by atoms with E-state index in [4.69, 9.17) is 5.73 Å². The van der Waals surface area contributed by atoms with Gasteiger partial charge in [0.25, 0.3) is 0 Å². The van der Waals surface area contributed by atoms with E-state index in [1.54, 1.807) is 6.92 Å². The van der Waals surface area contributed by atoms with Gasteiger partial charge in [-0.05, 0) is 24.1 Å². The molecule has 0 unspecified atom stereocenters. The topological polar surface area (TPSA) is 84.7 Å². The number of nitrogens with zero attached hydrogens (tertiary/aromatic N) is 2. The van der Waals surface area contributed by atoms with Gasteiger partial charge in [-0.3, -0.25) is 9.89 Å². The molecule has 3 rings (SSSR count). The van der Waals surface area contributed by atoms with Gasteiger partial charge in [-0.15, -0.1) is 0 Å². The van der Waals surface area contributed by atoms with Crippen LogP contribution in [0.25, 0.3) is 22.2 Å². The summed E-state index contributed by atoms with van der Waals surface area (Å²) in [5.74, 6) is 0.480. The van der Waals surface area contributed by atoms with Gasteiger partial charge in [-0.2, -0.15) is 5.10 Å². The fraction of sp³-hybridized carbons (Fsp3) is 0.278. The highest BCUT2D eigenvalue weighted by atomic mass is 16.1. The third-order valence-corrected chi connectivity index (χ3v) is 3.93. The first kappa shape index (κ1) is 15.2. The summed E-state index contributed by atoms with van der Waals surface area (Å²) < 4.78 is 0. The monoisotopic (exact) mass is 308 g/mol. The molecule has 0 aliphatic heterocycles. The zero-order valence-electron chi connectivity index (χ0n) is 13.8. The zero-order valence-corrected chi connectivity index (χ0v) is 13.8. The van der Waals surface area contributed by atoms with Gasteiger partial charge in [-0.1, -0.05) is 45.0 Å². The highest BCUT2D eigenvalue weighted by molar-refractivity contribution is 6.01. The lowest BCUT2D eigenvalue weighted by Gasteiger charge is -2.19. The normalized spacial score (nSPS) is 11.8. The van der Waals surface area contributed by atoms with Crippen molar-refractivity contribution in [1.29, 1.82) is 0 Å². The summed E-state index contributed by atoms with van der Waals surface area (Å²) in [4.78, 5) is 16.1. The number of pyridine rings is 1. The molecule has 0 amide bonds. The van der Waals surface area contributed by atoms with Crippen LogP contribution in [0.3, 0.4) is 0 Å². The molecule has 0 spiro atoms. The standard InChI is InChI=1S/C18H20N4O/c1-10(23)11-5-7-12(8-6-11)13-9-14(18(2,3)4)20-17-15(13)16(19)21-22-17/h5-9H,1-4H3,(H3,19,20,21,22). The molecule has 2 heterocycles. The van der Waals surface area contributed by atoms with Crippen LogP contribution in [0.1, 0.15) is 43.7 Å². The van der Waals surface area contributed by atoms with E-state index in [2.05, 4.69) is 42.0 Å². The van der Waals surface area contributed by atoms with Crippen LogP contribution in [0.5, 0.6) is 0 Å². The third kappa shape index (κ3) is 2.70. The first-order valence-electron chi connectivity index (χ1n) is 7.54. The van der Waals surface area contributed by atoms with Crippen molar-refractivity contribution in [3.8, 4) is 11.1 Å². The lowest BCUT2D eigenvalue weighted by molar-refractivity contribution is 0.101. The maximum atomic E-state index is 11.5. The molecule has 3 N–H and O–H groups in total. The predicted octanol–water partition coefficient (Wildman–Crippen LogP) is 3.71. The van der Waals surface area contributed by atoms with Crippen LogP contribution >= 0.6 is 0 Å². The van der Waals surface area contributed by atoms with Gasteiger partial charge in [0, 0.05) is 16.7 Å². The van der Waals surface area contributed by atoms with Crippen molar-refractivity contribution in [2.24, 2.45) is 0 Å². The molecule has 0 atom stereocenters. The Morgan fingerprint density at radius 2 is 1.83 bits per heavy atom. The Kier molecular flexibility index (Phi) is 3.43. The number of hydrogen-bond donors (Lipinski definition) is 2. The van der Waals surface area contributed by atoms with Crippen LogP contribution in [-0.4, -0.2) is 21.0 Å². The number of carbonyl (C=O) groups excluding carboxylic acids is 1. The number of aromatic amines is 1. The molecule has 118 valence electrons. The second-order valence-corrected chi connectivity index (χ2v) is 6.77. The molecule has 5 heteroatoms. The van der Waals surface area contributed by atoms with Gasteiger partial charge < -0.3 is 5.73 Å². The predicted molar refractivity (Wildman–Crippen MR) is 92.4 cm³/mol. The van der Waals surface area contributed by atoms with Crippen molar-refractivity contribution >= 4 is 22.6 Å². The van der Waals surface area contributed by atoms with E-state index in [-0.39, 0.29) is 11.2 Å². The number of aromatic nitrogens is 3. The number of fused-ring (bicyclic) bond motifs is 1. The Bertz CT molecular complexity index is 886. The van der Waals surface area contributed by atoms with Crippen molar-refractivity contribution < 1.29 is 4.79 Å². The van der Waals surface area contributed by atoms with Crippen LogP contribution in [0.2, 0.25) is 0 Å². The Labute approximate surface area is 134 Å². The number of benzene rings is 1. The van der Waals surface area contributed by atoms with Gasteiger partial charge in [0.15, 0.2) is 17.2 Å². The molecule has 5 nitrogen and oxygen atoms in total. The average Bonchev–Trinajstić information content (AvgIpc) is 2.87. The summed E-state index contributed by atoms with van der Waals surface area (Å²) in [5, 5.41) is 7.80. The van der Waals surface area contributed by atoms with Crippen LogP contribution in [-0.2, 0) is 5.41 Å². The molecule has 0 radical (unpaired) electrons. The van der Waals surface area contributed by atoms with Crippen LogP contribution in [0.15, 0.2) is 30.3 Å². The molecule has 0 aliphatic rings. The van der Waals surface area contributed by atoms with Gasteiger partial charge in [0.1, 0.15) is 0 Å². The Morgan fingerprint density at radius 1 is 1.17 bits per heavy atom. The van der Waals surface area contributed by atoms with E-state index in [1.807, 2.05) is 24.3 Å². The first-order valence-corrected chi connectivity index (χ1v) is 7.54. The second kappa shape index (κ2) is 5.19. The molecular weight excluding hydrogens is 288 g/mol. The molecule has 0 fully saturated rings. The maximum Gasteiger partial charge on any atom is 0.159 e. The fourth-order valence-corrected chi connectivity index (χ4v) is 2.55. The van der Waals surface area contributed by atoms with E-state index in [0.29, 0.717) is 17.0 Å². The zero-order chi connectivity index (χ0) is 16.8. The molecular formula is C18H20N4O. The van der Waals surface area contributed by atoms with Gasteiger partial charge in [0.2, 0.25) is 0 Å². The van der Waals surface area contributed by atoms with E-state index in [9.17, 15) is 4.79 Å². The van der Waals surface area contributed by atoms with Crippen LogP contribution < -0.4 is 5.73 Å². The van der Waals surface area contributed by atoms with E-state index in [1.165, 1.54) is 0 Å². The second-order valence-electron chi connectivity index (χ2n) is 6.77. The number of nitrogens with one attached hydrogen (secondary N) is 1. The Morgan fingerprint density at radius 3 is 2.39 bits per heavy atom. The Balaban J connectivity index is 2.26. The van der Waals surface area contributed by atoms with Crippen molar-refractivity contribution in [2.45, 2.75) is 33.1 Å². The summed E-state index contributed by atoms with van der Waals surface area (Å²) in [6.07, 6.45) is 0. The summed E-state index contributed by atoms with van der Waals surface area (Å²) >= 11 is 0. The third-order valence-electron chi connectivity index (χ3n) is 3.93. The molecule has 3 aromatic rings. The van der Waals surface area contributed by atoms with E-state index >= 15 is 0 Å². The van der Waals surface area contributed by atoms with Gasteiger partial charge >= 0.3 is 0 Å². The number of rotatable bonds is 2. The summed E-state index contributed by atoms with van der Waals surface area (Å²) in [7, 11) is 0. The number of anilines is 1. The van der Waals surface area contributed by atoms with Crippen LogP contribution in [0.4, 0.5) is 5.82 Å². The quantitative estimate of drug-likeness (QED) is 0.707. The first-order chi connectivity index (χ1) is 10.8. The largest absolute Gasteiger partial charge is 0.382 e.